The topological polar surface area (TPSA) is 84.1 Å². The van der Waals surface area contributed by atoms with Gasteiger partial charge in [0.15, 0.2) is 5.78 Å². The SMILES string of the molecule is CN1CCC(CNc2nc(-c3ccccc3)ccc2C(=O)CCc2ccc3c(N)nccc3c2)CC1. The number of nitrogen functional groups attached to an aromatic ring is 1. The number of benzene rings is 2. The van der Waals surface area contributed by atoms with E-state index in [4.69, 9.17) is 10.7 Å². The number of rotatable bonds is 8. The maximum atomic E-state index is 13.4. The average molecular weight is 480 g/mol. The van der Waals surface area contributed by atoms with Crippen LogP contribution in [0.5, 0.6) is 0 Å². The van der Waals surface area contributed by atoms with Gasteiger partial charge in [-0.3, -0.25) is 4.79 Å². The summed E-state index contributed by atoms with van der Waals surface area (Å²) in [5, 5.41) is 5.53. The number of ketones is 1. The van der Waals surface area contributed by atoms with Crippen molar-refractivity contribution < 1.29 is 4.79 Å². The molecule has 36 heavy (non-hydrogen) atoms. The summed E-state index contributed by atoms with van der Waals surface area (Å²) in [6.45, 7) is 3.06. The van der Waals surface area contributed by atoms with E-state index in [9.17, 15) is 4.79 Å². The number of aromatic nitrogens is 2. The minimum Gasteiger partial charge on any atom is -0.383 e. The van der Waals surface area contributed by atoms with Gasteiger partial charge in [0.1, 0.15) is 11.6 Å². The van der Waals surface area contributed by atoms with Gasteiger partial charge in [-0.2, -0.15) is 0 Å². The molecule has 0 bridgehead atoms. The van der Waals surface area contributed by atoms with E-state index in [0.29, 0.717) is 36.0 Å². The van der Waals surface area contributed by atoms with Crippen LogP contribution in [-0.4, -0.2) is 47.3 Å². The van der Waals surface area contributed by atoms with Crippen molar-refractivity contribution in [2.24, 2.45) is 5.92 Å². The van der Waals surface area contributed by atoms with Crippen molar-refractivity contribution in [3.8, 4) is 11.3 Å². The highest BCUT2D eigenvalue weighted by molar-refractivity contribution is 6.01. The number of likely N-dealkylation sites (tertiary alicyclic amines) is 1. The number of carbonyl (C=O) groups excluding carboxylic acids is 1. The molecular formula is C30H33N5O. The molecule has 1 saturated heterocycles. The molecule has 2 aromatic carbocycles. The molecule has 0 amide bonds. The van der Waals surface area contributed by atoms with Crippen LogP contribution in [0.3, 0.4) is 0 Å². The van der Waals surface area contributed by atoms with E-state index >= 15 is 0 Å². The molecule has 0 spiro atoms. The first kappa shape index (κ1) is 23.9. The van der Waals surface area contributed by atoms with E-state index in [1.165, 1.54) is 0 Å². The van der Waals surface area contributed by atoms with Gasteiger partial charge in [0.2, 0.25) is 0 Å². The molecule has 1 aliphatic rings. The number of anilines is 2. The van der Waals surface area contributed by atoms with Crippen molar-refractivity contribution in [1.82, 2.24) is 14.9 Å². The third kappa shape index (κ3) is 5.55. The zero-order valence-electron chi connectivity index (χ0n) is 20.8. The first-order valence-electron chi connectivity index (χ1n) is 12.7. The van der Waals surface area contributed by atoms with Crippen molar-refractivity contribution in [1.29, 1.82) is 0 Å². The highest BCUT2D eigenvalue weighted by Gasteiger charge is 2.19. The smallest absolute Gasteiger partial charge is 0.166 e. The Kier molecular flexibility index (Phi) is 7.23. The largest absolute Gasteiger partial charge is 0.383 e. The van der Waals surface area contributed by atoms with Gasteiger partial charge in [-0.25, -0.2) is 9.97 Å². The lowest BCUT2D eigenvalue weighted by atomic mass is 9.97. The summed E-state index contributed by atoms with van der Waals surface area (Å²) in [4.78, 5) is 24.8. The van der Waals surface area contributed by atoms with Crippen molar-refractivity contribution in [3.05, 3.63) is 84.1 Å². The van der Waals surface area contributed by atoms with Crippen LogP contribution in [0.25, 0.3) is 22.0 Å². The van der Waals surface area contributed by atoms with E-state index in [1.54, 1.807) is 6.20 Å². The standard InChI is InChI=1S/C30H33N5O/c1-35-17-14-22(15-18-35)20-33-30-26(10-11-27(34-30)23-5-3-2-4-6-23)28(36)12-8-21-7-9-25-24(19-21)13-16-32-29(25)31/h2-7,9-11,13,16,19,22H,8,12,14-15,17-18,20H2,1H3,(H2,31,32)(H,33,34). The number of aryl methyl sites for hydroxylation is 1. The van der Waals surface area contributed by atoms with Gasteiger partial charge in [-0.05, 0) is 74.5 Å². The summed E-state index contributed by atoms with van der Waals surface area (Å²) in [5.74, 6) is 1.91. The Morgan fingerprint density at radius 3 is 2.67 bits per heavy atom. The van der Waals surface area contributed by atoms with Crippen LogP contribution in [0.1, 0.15) is 35.2 Å². The number of nitrogens with zero attached hydrogens (tertiary/aromatic N) is 3. The maximum absolute atomic E-state index is 13.4. The van der Waals surface area contributed by atoms with Gasteiger partial charge in [-0.1, -0.05) is 48.5 Å². The summed E-state index contributed by atoms with van der Waals surface area (Å²) in [7, 11) is 2.17. The molecule has 5 rings (SSSR count). The minimum atomic E-state index is 0.0994. The zero-order valence-corrected chi connectivity index (χ0v) is 20.8. The summed E-state index contributed by atoms with van der Waals surface area (Å²) in [6.07, 6.45) is 5.11. The minimum absolute atomic E-state index is 0.0994. The molecule has 3 heterocycles. The Morgan fingerprint density at radius 2 is 1.86 bits per heavy atom. The van der Waals surface area contributed by atoms with Crippen LogP contribution in [-0.2, 0) is 6.42 Å². The van der Waals surface area contributed by atoms with Gasteiger partial charge in [0, 0.05) is 30.1 Å². The van der Waals surface area contributed by atoms with Crippen LogP contribution in [0, 0.1) is 5.92 Å². The fraction of sp³-hybridized carbons (Fsp3) is 0.300. The lowest BCUT2D eigenvalue weighted by Gasteiger charge is -2.29. The Morgan fingerprint density at radius 1 is 1.06 bits per heavy atom. The van der Waals surface area contributed by atoms with Gasteiger partial charge < -0.3 is 16.0 Å². The normalized spacial score (nSPS) is 14.7. The van der Waals surface area contributed by atoms with Crippen molar-refractivity contribution in [3.63, 3.8) is 0 Å². The van der Waals surface area contributed by atoms with E-state index in [-0.39, 0.29) is 5.78 Å². The maximum Gasteiger partial charge on any atom is 0.166 e. The molecule has 1 fully saturated rings. The van der Waals surface area contributed by atoms with E-state index in [2.05, 4.69) is 28.3 Å². The summed E-state index contributed by atoms with van der Waals surface area (Å²) in [5.41, 5.74) is 9.67. The van der Waals surface area contributed by atoms with E-state index in [0.717, 1.165) is 60.1 Å². The first-order valence-corrected chi connectivity index (χ1v) is 12.7. The molecule has 6 nitrogen and oxygen atoms in total. The number of piperidine rings is 1. The number of hydrogen-bond acceptors (Lipinski definition) is 6. The van der Waals surface area contributed by atoms with Crippen LogP contribution < -0.4 is 11.1 Å². The lowest BCUT2D eigenvalue weighted by molar-refractivity contribution is 0.0983. The quantitative estimate of drug-likeness (QED) is 0.327. The van der Waals surface area contributed by atoms with E-state index < -0.39 is 0 Å². The van der Waals surface area contributed by atoms with Crippen LogP contribution in [0.4, 0.5) is 11.6 Å². The number of carbonyl (C=O) groups is 1. The molecular weight excluding hydrogens is 446 g/mol. The number of Topliss-reactive ketones (excluding diaryl/α,β-unsaturated/α-hetero) is 1. The third-order valence-electron chi connectivity index (χ3n) is 7.16. The Balaban J connectivity index is 1.34. The first-order chi connectivity index (χ1) is 17.6. The number of nitrogens with two attached hydrogens (primary N) is 1. The fourth-order valence-electron chi connectivity index (χ4n) is 4.89. The van der Waals surface area contributed by atoms with Crippen molar-refractivity contribution in [2.45, 2.75) is 25.7 Å². The number of nitrogens with one attached hydrogen (secondary N) is 1. The summed E-state index contributed by atoms with van der Waals surface area (Å²) < 4.78 is 0. The van der Waals surface area contributed by atoms with Gasteiger partial charge in [0.05, 0.1) is 11.3 Å². The third-order valence-corrected chi connectivity index (χ3v) is 7.16. The monoisotopic (exact) mass is 479 g/mol. The van der Waals surface area contributed by atoms with Gasteiger partial charge >= 0.3 is 0 Å². The van der Waals surface area contributed by atoms with Crippen LogP contribution in [0.15, 0.2) is 72.9 Å². The molecule has 4 aromatic rings. The molecule has 0 aliphatic carbocycles. The predicted molar refractivity (Wildman–Crippen MR) is 147 cm³/mol. The Bertz CT molecular complexity index is 1350. The van der Waals surface area contributed by atoms with Gasteiger partial charge in [-0.15, -0.1) is 0 Å². The second-order valence-electron chi connectivity index (χ2n) is 9.76. The molecule has 0 atom stereocenters. The molecule has 0 unspecified atom stereocenters. The van der Waals surface area contributed by atoms with Crippen molar-refractivity contribution >= 4 is 28.2 Å². The van der Waals surface area contributed by atoms with Crippen LogP contribution in [0.2, 0.25) is 0 Å². The van der Waals surface area contributed by atoms with E-state index in [1.807, 2.05) is 60.7 Å². The molecule has 2 aromatic heterocycles. The number of fused-ring (bicyclic) bond motifs is 1. The second-order valence-corrected chi connectivity index (χ2v) is 9.76. The molecule has 0 radical (unpaired) electrons. The Hall–Kier alpha value is -3.77. The Labute approximate surface area is 212 Å². The molecule has 1 aliphatic heterocycles. The van der Waals surface area contributed by atoms with Gasteiger partial charge in [0.25, 0.3) is 0 Å². The number of pyridine rings is 2. The number of hydrogen-bond donors (Lipinski definition) is 2. The van der Waals surface area contributed by atoms with Crippen LogP contribution >= 0.6 is 0 Å². The summed E-state index contributed by atoms with van der Waals surface area (Å²) in [6, 6.07) is 22.1. The lowest BCUT2D eigenvalue weighted by Crippen LogP contribution is -2.33. The van der Waals surface area contributed by atoms with Crippen molar-refractivity contribution in [2.75, 3.05) is 37.7 Å². The second kappa shape index (κ2) is 10.9. The molecule has 0 saturated carbocycles. The highest BCUT2D eigenvalue weighted by atomic mass is 16.1. The zero-order chi connectivity index (χ0) is 24.9. The molecule has 3 N–H and O–H groups in total. The molecule has 184 valence electrons. The predicted octanol–water partition coefficient (Wildman–Crippen LogP) is 5.45. The fourth-order valence-corrected chi connectivity index (χ4v) is 4.89. The summed E-state index contributed by atoms with van der Waals surface area (Å²) >= 11 is 0. The average Bonchev–Trinajstić information content (AvgIpc) is 2.92. The molecule has 6 heteroatoms. The highest BCUT2D eigenvalue weighted by Crippen LogP contribution is 2.26.